The van der Waals surface area contributed by atoms with Crippen molar-refractivity contribution in [2.45, 2.75) is 130 Å². The lowest BCUT2D eigenvalue weighted by atomic mass is 9.96. The Kier molecular flexibility index (Phi) is 20.5. The molecule has 8 atom stereocenters. The van der Waals surface area contributed by atoms with Crippen LogP contribution in [0.3, 0.4) is 0 Å². The number of hydrogen-bond acceptors (Lipinski definition) is 9. The Hall–Kier alpha value is -4.32. The molecule has 0 aliphatic carbocycles. The molecule has 18 heteroatoms. The second-order valence-electron chi connectivity index (χ2n) is 13.3. The summed E-state index contributed by atoms with van der Waals surface area (Å²) in [7, 11) is 0. The molecule has 0 fully saturated rings. The lowest BCUT2D eigenvalue weighted by Gasteiger charge is -2.30. The van der Waals surface area contributed by atoms with Gasteiger partial charge in [-0.05, 0) is 43.9 Å². The number of carboxylic acid groups (broad SMARTS) is 2. The molecular formula is C32H58N7O11+. The zero-order valence-corrected chi connectivity index (χ0v) is 30.3. The Morgan fingerprint density at radius 3 is 1.44 bits per heavy atom. The van der Waals surface area contributed by atoms with E-state index in [1.807, 2.05) is 0 Å². The van der Waals surface area contributed by atoms with Crippen molar-refractivity contribution >= 4 is 47.4 Å². The van der Waals surface area contributed by atoms with Gasteiger partial charge in [0.1, 0.15) is 36.3 Å². The zero-order chi connectivity index (χ0) is 38.9. The molecule has 12 N–H and O–H groups in total. The first kappa shape index (κ1) is 45.7. The van der Waals surface area contributed by atoms with Gasteiger partial charge >= 0.3 is 11.9 Å². The van der Waals surface area contributed by atoms with Crippen molar-refractivity contribution in [1.29, 1.82) is 0 Å². The minimum atomic E-state index is -1.68. The minimum Gasteiger partial charge on any atom is -0.481 e. The maximum atomic E-state index is 13.6. The number of rotatable bonds is 23. The summed E-state index contributed by atoms with van der Waals surface area (Å²) in [6.45, 7) is 13.2. The summed E-state index contributed by atoms with van der Waals surface area (Å²) in [6.07, 6.45) is -1.64. The number of aliphatic hydroxyl groups is 1. The number of amides is 6. The summed E-state index contributed by atoms with van der Waals surface area (Å²) in [5, 5.41) is 43.9. The quantitative estimate of drug-likeness (QED) is 0.0533. The van der Waals surface area contributed by atoms with Gasteiger partial charge in [-0.1, -0.05) is 54.9 Å². The number of hydrogen-bond donors (Lipinski definition) is 10. The van der Waals surface area contributed by atoms with E-state index in [4.69, 9.17) is 0 Å². The molecule has 0 heterocycles. The summed E-state index contributed by atoms with van der Waals surface area (Å²) in [4.78, 5) is 101. The lowest BCUT2D eigenvalue weighted by molar-refractivity contribution is -0.355. The fourth-order valence-electron chi connectivity index (χ4n) is 4.81. The van der Waals surface area contributed by atoms with Crippen LogP contribution in [0.5, 0.6) is 0 Å². The fraction of sp³-hybridized carbons (Fsp3) is 0.750. The first-order valence-corrected chi connectivity index (χ1v) is 16.9. The van der Waals surface area contributed by atoms with Crippen LogP contribution >= 0.6 is 0 Å². The summed E-state index contributed by atoms with van der Waals surface area (Å²) in [5.74, 6) is -8.53. The predicted molar refractivity (Wildman–Crippen MR) is 180 cm³/mol. The van der Waals surface area contributed by atoms with Crippen LogP contribution in [0.25, 0.3) is 0 Å². The SMILES string of the molecule is CC[C@H](NC(=O)C[NH3+])C(=O)N[C@H](C(=O)N[C@@H](CC(C)C)C(=O)N[C@H](C(=O)N[C@@H](CC(=O)O)C(=O)N[C@@H](CC(C)C)C(=O)O)[C@@H](C)CC)[C@@H](C)O. The first-order chi connectivity index (χ1) is 23.2. The van der Waals surface area contributed by atoms with E-state index in [0.29, 0.717) is 6.42 Å². The average Bonchev–Trinajstić information content (AvgIpc) is 3.01. The molecule has 0 aromatic heterocycles. The second-order valence-corrected chi connectivity index (χ2v) is 13.3. The molecule has 0 aromatic carbocycles. The van der Waals surface area contributed by atoms with E-state index in [-0.39, 0.29) is 37.6 Å². The Labute approximate surface area is 292 Å². The van der Waals surface area contributed by atoms with Gasteiger partial charge in [0.2, 0.25) is 29.5 Å². The molecule has 0 bridgehead atoms. The molecule has 0 saturated carbocycles. The van der Waals surface area contributed by atoms with Crippen molar-refractivity contribution in [2.24, 2.45) is 17.8 Å². The number of carboxylic acids is 2. The third-order valence-corrected chi connectivity index (χ3v) is 7.82. The van der Waals surface area contributed by atoms with E-state index < -0.39 is 102 Å². The van der Waals surface area contributed by atoms with Crippen molar-refractivity contribution in [3.8, 4) is 0 Å². The van der Waals surface area contributed by atoms with Gasteiger partial charge in [-0.25, -0.2) is 4.79 Å². The third-order valence-electron chi connectivity index (χ3n) is 7.82. The molecule has 0 rings (SSSR count). The molecule has 0 radical (unpaired) electrons. The molecule has 286 valence electrons. The smallest absolute Gasteiger partial charge is 0.326 e. The maximum Gasteiger partial charge on any atom is 0.326 e. The van der Waals surface area contributed by atoms with Crippen molar-refractivity contribution in [2.75, 3.05) is 6.54 Å². The highest BCUT2D eigenvalue weighted by Gasteiger charge is 2.36. The summed E-state index contributed by atoms with van der Waals surface area (Å²) in [6, 6.07) is -8.13. The summed E-state index contributed by atoms with van der Waals surface area (Å²) >= 11 is 0. The number of carbonyl (C=O) groups excluding carboxylic acids is 6. The predicted octanol–water partition coefficient (Wildman–Crippen LogP) is -2.37. The van der Waals surface area contributed by atoms with E-state index in [0.717, 1.165) is 0 Å². The molecule has 0 aliphatic rings. The van der Waals surface area contributed by atoms with Crippen molar-refractivity contribution in [3.63, 3.8) is 0 Å². The Bertz CT molecular complexity index is 1200. The summed E-state index contributed by atoms with van der Waals surface area (Å²) < 4.78 is 0. The van der Waals surface area contributed by atoms with E-state index >= 15 is 0 Å². The zero-order valence-electron chi connectivity index (χ0n) is 30.3. The van der Waals surface area contributed by atoms with E-state index in [9.17, 15) is 53.7 Å². The van der Waals surface area contributed by atoms with Gasteiger partial charge in [0, 0.05) is 0 Å². The highest BCUT2D eigenvalue weighted by Crippen LogP contribution is 2.13. The monoisotopic (exact) mass is 716 g/mol. The average molecular weight is 717 g/mol. The van der Waals surface area contributed by atoms with Crippen LogP contribution in [0.15, 0.2) is 0 Å². The topological polar surface area (TPSA) is 297 Å². The van der Waals surface area contributed by atoms with Crippen molar-refractivity contribution in [3.05, 3.63) is 0 Å². The largest absolute Gasteiger partial charge is 0.481 e. The molecule has 0 aliphatic heterocycles. The normalized spacial score (nSPS) is 16.0. The molecule has 50 heavy (non-hydrogen) atoms. The number of nitrogens with one attached hydrogen (secondary N) is 6. The van der Waals surface area contributed by atoms with E-state index in [1.54, 1.807) is 48.5 Å². The van der Waals surface area contributed by atoms with E-state index in [2.05, 4.69) is 37.6 Å². The van der Waals surface area contributed by atoms with Crippen LogP contribution in [0.2, 0.25) is 0 Å². The minimum absolute atomic E-state index is 0.0508. The van der Waals surface area contributed by atoms with Gasteiger partial charge in [0.05, 0.1) is 12.5 Å². The van der Waals surface area contributed by atoms with Crippen molar-refractivity contribution in [1.82, 2.24) is 31.9 Å². The highest BCUT2D eigenvalue weighted by atomic mass is 16.4. The molecule has 0 saturated heterocycles. The van der Waals surface area contributed by atoms with Gasteiger partial charge in [0.25, 0.3) is 5.91 Å². The lowest BCUT2D eigenvalue weighted by Crippen LogP contribution is -2.63. The highest BCUT2D eigenvalue weighted by molar-refractivity contribution is 5.97. The molecule has 0 unspecified atom stereocenters. The van der Waals surface area contributed by atoms with Crippen LogP contribution in [0.1, 0.15) is 87.5 Å². The number of aliphatic carboxylic acids is 2. The molecular weight excluding hydrogens is 658 g/mol. The van der Waals surface area contributed by atoms with Crippen LogP contribution in [0.4, 0.5) is 0 Å². The second kappa shape index (κ2) is 22.4. The maximum absolute atomic E-state index is 13.6. The fourth-order valence-corrected chi connectivity index (χ4v) is 4.81. The van der Waals surface area contributed by atoms with Crippen LogP contribution in [-0.4, -0.2) is 112 Å². The van der Waals surface area contributed by atoms with E-state index in [1.165, 1.54) is 6.92 Å². The van der Waals surface area contributed by atoms with Crippen LogP contribution in [-0.2, 0) is 38.4 Å². The van der Waals surface area contributed by atoms with Crippen LogP contribution in [0, 0.1) is 17.8 Å². The third kappa shape index (κ3) is 16.4. The Balaban J connectivity index is 6.18. The Morgan fingerprint density at radius 2 is 1.00 bits per heavy atom. The van der Waals surface area contributed by atoms with Gasteiger partial charge in [-0.15, -0.1) is 0 Å². The molecule has 0 spiro atoms. The van der Waals surface area contributed by atoms with Gasteiger partial charge in [-0.3, -0.25) is 33.6 Å². The molecule has 18 nitrogen and oxygen atoms in total. The van der Waals surface area contributed by atoms with Gasteiger partial charge in [-0.2, -0.15) is 0 Å². The van der Waals surface area contributed by atoms with Gasteiger partial charge < -0.3 is 53.0 Å². The number of carbonyl (C=O) groups is 8. The standard InChI is InChI=1S/C32H57N7O11/c1-9-17(7)25(30(47)36-21(13-24(42)43)28(45)37-22(32(49)50)12-16(5)6)38-29(46)20(11-15(3)4)35-31(48)26(18(8)40)39-27(44)19(10-2)34-23(41)14-33/h15-22,25-26,40H,9-14,33H2,1-8H3,(H,34,41)(H,35,48)(H,36,47)(H,37,45)(H,38,46)(H,39,44)(H,42,43)(H,49,50)/p+1/t17-,18+,19-,20-,21-,22-,25-,26-/m0/s1. The van der Waals surface area contributed by atoms with Gasteiger partial charge in [0.15, 0.2) is 6.54 Å². The number of quaternary nitrogens is 1. The molecule has 6 amide bonds. The summed E-state index contributed by atoms with van der Waals surface area (Å²) in [5.41, 5.74) is 3.46. The molecule has 0 aromatic rings. The Morgan fingerprint density at radius 1 is 0.560 bits per heavy atom. The number of aliphatic hydroxyl groups excluding tert-OH is 1. The van der Waals surface area contributed by atoms with Crippen molar-refractivity contribution < 1.29 is 59.4 Å². The van der Waals surface area contributed by atoms with Crippen LogP contribution < -0.4 is 37.6 Å². The first-order valence-electron chi connectivity index (χ1n) is 16.9.